The van der Waals surface area contributed by atoms with Crippen LogP contribution in [0.15, 0.2) is 47.4 Å². The molecule has 25 heavy (non-hydrogen) atoms. The lowest BCUT2D eigenvalue weighted by Crippen LogP contribution is -2.33. The van der Waals surface area contributed by atoms with Crippen LogP contribution < -0.4 is 10.2 Å². The Labute approximate surface area is 150 Å². The van der Waals surface area contributed by atoms with Crippen molar-refractivity contribution in [3.8, 4) is 0 Å². The molecule has 0 radical (unpaired) electrons. The van der Waals surface area contributed by atoms with Crippen LogP contribution in [0.1, 0.15) is 6.42 Å². The topological polar surface area (TPSA) is 66.5 Å². The molecule has 0 aromatic heterocycles. The van der Waals surface area contributed by atoms with Crippen LogP contribution in [-0.2, 0) is 14.6 Å². The van der Waals surface area contributed by atoms with E-state index >= 15 is 0 Å². The Kier molecular flexibility index (Phi) is 4.71. The number of nitrogens with zero attached hydrogens (tertiary/aromatic N) is 1. The summed E-state index contributed by atoms with van der Waals surface area (Å²) in [4.78, 5) is 14.3. The molecule has 2 aromatic carbocycles. The van der Waals surface area contributed by atoms with Crippen molar-refractivity contribution in [2.45, 2.75) is 17.4 Å². The second-order valence-corrected chi connectivity index (χ2v) is 8.29. The zero-order valence-corrected chi connectivity index (χ0v) is 14.9. The third kappa shape index (κ3) is 3.77. The van der Waals surface area contributed by atoms with Crippen molar-refractivity contribution in [3.63, 3.8) is 0 Å². The van der Waals surface area contributed by atoms with Crippen LogP contribution >= 0.6 is 11.6 Å². The Bertz CT molecular complexity index is 916. The van der Waals surface area contributed by atoms with Crippen molar-refractivity contribution in [1.29, 1.82) is 0 Å². The minimum Gasteiger partial charge on any atom is -0.374 e. The molecule has 1 aliphatic heterocycles. The minimum atomic E-state index is -3.26. The molecule has 0 aliphatic carbocycles. The van der Waals surface area contributed by atoms with Gasteiger partial charge in [-0.1, -0.05) is 11.6 Å². The van der Waals surface area contributed by atoms with Crippen molar-refractivity contribution < 1.29 is 17.6 Å². The molecule has 132 valence electrons. The molecule has 1 N–H and O–H groups in total. The summed E-state index contributed by atoms with van der Waals surface area (Å²) < 4.78 is 36.5. The van der Waals surface area contributed by atoms with Crippen LogP contribution in [0.4, 0.5) is 15.8 Å². The number of nitrogens with one attached hydrogen (secondary N) is 1. The van der Waals surface area contributed by atoms with Gasteiger partial charge in [0, 0.05) is 24.2 Å². The smallest absolute Gasteiger partial charge is 0.249 e. The van der Waals surface area contributed by atoms with Gasteiger partial charge in [0.2, 0.25) is 5.91 Å². The lowest BCUT2D eigenvalue weighted by molar-refractivity contribution is -0.117. The first kappa shape index (κ1) is 17.7. The van der Waals surface area contributed by atoms with Gasteiger partial charge in [-0.25, -0.2) is 12.8 Å². The number of hydrogen-bond acceptors (Lipinski definition) is 4. The summed E-state index contributed by atoms with van der Waals surface area (Å²) in [7, 11) is -3.26. The van der Waals surface area contributed by atoms with E-state index < -0.39 is 21.7 Å². The molecule has 1 saturated heterocycles. The summed E-state index contributed by atoms with van der Waals surface area (Å²) in [5.41, 5.74) is 1.11. The van der Waals surface area contributed by atoms with Crippen molar-refractivity contribution in [1.82, 2.24) is 0 Å². The maximum atomic E-state index is 13.6. The van der Waals surface area contributed by atoms with Gasteiger partial charge in [0.15, 0.2) is 9.84 Å². The SMILES string of the molecule is CS(=O)(=O)c1ccc(NC2CCN(c3ccc(Cl)c(F)c3)C2=O)cc1. The molecule has 1 unspecified atom stereocenters. The molecule has 1 fully saturated rings. The van der Waals surface area contributed by atoms with E-state index in [9.17, 15) is 17.6 Å². The molecule has 0 saturated carbocycles. The Morgan fingerprint density at radius 1 is 1.20 bits per heavy atom. The largest absolute Gasteiger partial charge is 0.374 e. The molecule has 2 aromatic rings. The number of carbonyl (C=O) groups is 1. The lowest BCUT2D eigenvalue weighted by atomic mass is 10.2. The Hall–Kier alpha value is -2.12. The zero-order valence-electron chi connectivity index (χ0n) is 13.4. The summed E-state index contributed by atoms with van der Waals surface area (Å²) in [5.74, 6) is -0.742. The highest BCUT2D eigenvalue weighted by Crippen LogP contribution is 2.27. The highest BCUT2D eigenvalue weighted by atomic mass is 35.5. The number of anilines is 2. The van der Waals surface area contributed by atoms with Gasteiger partial charge >= 0.3 is 0 Å². The number of rotatable bonds is 4. The molecule has 0 spiro atoms. The fraction of sp³-hybridized carbons (Fsp3) is 0.235. The molecule has 3 rings (SSSR count). The van der Waals surface area contributed by atoms with Gasteiger partial charge in [0.1, 0.15) is 11.9 Å². The van der Waals surface area contributed by atoms with E-state index in [4.69, 9.17) is 11.6 Å². The number of amides is 1. The van der Waals surface area contributed by atoms with Crippen LogP contribution in [0.2, 0.25) is 5.02 Å². The molecular weight excluding hydrogens is 367 g/mol. The molecular formula is C17H16ClFN2O3S. The number of halogens is 2. The van der Waals surface area contributed by atoms with Crippen molar-refractivity contribution in [2.24, 2.45) is 0 Å². The maximum absolute atomic E-state index is 13.6. The maximum Gasteiger partial charge on any atom is 0.249 e. The summed E-state index contributed by atoms with van der Waals surface area (Å²) in [5, 5.41) is 3.10. The zero-order chi connectivity index (χ0) is 18.2. The molecule has 1 atom stereocenters. The van der Waals surface area contributed by atoms with E-state index in [2.05, 4.69) is 5.32 Å². The van der Waals surface area contributed by atoms with Gasteiger partial charge in [-0.15, -0.1) is 0 Å². The van der Waals surface area contributed by atoms with Crippen LogP contribution in [0, 0.1) is 5.82 Å². The minimum absolute atomic E-state index is 0.0102. The highest BCUT2D eigenvalue weighted by molar-refractivity contribution is 7.90. The van der Waals surface area contributed by atoms with Gasteiger partial charge < -0.3 is 10.2 Å². The third-order valence-electron chi connectivity index (χ3n) is 4.04. The average Bonchev–Trinajstić information content (AvgIpc) is 2.91. The van der Waals surface area contributed by atoms with Crippen molar-refractivity contribution in [2.75, 3.05) is 23.0 Å². The van der Waals surface area contributed by atoms with Crippen LogP contribution in [0.3, 0.4) is 0 Å². The Morgan fingerprint density at radius 3 is 2.48 bits per heavy atom. The summed E-state index contributed by atoms with van der Waals surface area (Å²) >= 11 is 5.67. The van der Waals surface area contributed by atoms with E-state index in [1.165, 1.54) is 29.2 Å². The molecule has 0 bridgehead atoms. The number of hydrogen-bond donors (Lipinski definition) is 1. The van der Waals surface area contributed by atoms with Gasteiger partial charge in [-0.3, -0.25) is 4.79 Å². The van der Waals surface area contributed by atoms with Gasteiger partial charge in [-0.2, -0.15) is 0 Å². The Morgan fingerprint density at radius 2 is 1.88 bits per heavy atom. The average molecular weight is 383 g/mol. The fourth-order valence-corrected chi connectivity index (χ4v) is 3.47. The monoisotopic (exact) mass is 382 g/mol. The predicted octanol–water partition coefficient (Wildman–Crippen LogP) is 3.10. The first-order valence-corrected chi connectivity index (χ1v) is 9.86. The normalized spacial score (nSPS) is 17.8. The van der Waals surface area contributed by atoms with E-state index in [-0.39, 0.29) is 15.8 Å². The standard InChI is InChI=1S/C17H16ClFN2O3S/c1-25(23,24)13-5-2-11(3-6-13)20-16-8-9-21(17(16)22)12-4-7-14(18)15(19)10-12/h2-7,10,16,20H,8-9H2,1H3. The first-order valence-electron chi connectivity index (χ1n) is 7.59. The number of sulfone groups is 1. The van der Waals surface area contributed by atoms with Gasteiger partial charge in [0.25, 0.3) is 0 Å². The van der Waals surface area contributed by atoms with Crippen LogP contribution in [0.5, 0.6) is 0 Å². The Balaban J connectivity index is 1.73. The summed E-state index contributed by atoms with van der Waals surface area (Å²) in [6, 6.07) is 10.0. The van der Waals surface area contributed by atoms with E-state index in [0.29, 0.717) is 24.3 Å². The van der Waals surface area contributed by atoms with Crippen molar-refractivity contribution >= 4 is 38.7 Å². The molecule has 8 heteroatoms. The second kappa shape index (κ2) is 6.65. The van der Waals surface area contributed by atoms with E-state index in [1.54, 1.807) is 18.2 Å². The molecule has 1 aliphatic rings. The summed E-state index contributed by atoms with van der Waals surface area (Å²) in [6.07, 6.45) is 1.69. The van der Waals surface area contributed by atoms with Crippen LogP contribution in [-0.4, -0.2) is 33.2 Å². The number of carbonyl (C=O) groups excluding carboxylic acids is 1. The lowest BCUT2D eigenvalue weighted by Gasteiger charge is -2.18. The number of benzene rings is 2. The van der Waals surface area contributed by atoms with Gasteiger partial charge in [0.05, 0.1) is 9.92 Å². The fourth-order valence-electron chi connectivity index (χ4n) is 2.72. The van der Waals surface area contributed by atoms with E-state index in [0.717, 1.165) is 6.26 Å². The quantitative estimate of drug-likeness (QED) is 0.882. The van der Waals surface area contributed by atoms with Gasteiger partial charge in [-0.05, 0) is 48.9 Å². The van der Waals surface area contributed by atoms with E-state index in [1.807, 2.05) is 0 Å². The predicted molar refractivity (Wildman–Crippen MR) is 95.3 cm³/mol. The molecule has 1 amide bonds. The first-order chi connectivity index (χ1) is 11.8. The second-order valence-electron chi connectivity index (χ2n) is 5.87. The highest BCUT2D eigenvalue weighted by Gasteiger charge is 2.32. The summed E-state index contributed by atoms with van der Waals surface area (Å²) in [6.45, 7) is 0.457. The third-order valence-corrected chi connectivity index (χ3v) is 5.48. The van der Waals surface area contributed by atoms with Crippen LogP contribution in [0.25, 0.3) is 0 Å². The van der Waals surface area contributed by atoms with Crippen molar-refractivity contribution in [3.05, 3.63) is 53.3 Å². The molecule has 1 heterocycles. The molecule has 5 nitrogen and oxygen atoms in total.